The summed E-state index contributed by atoms with van der Waals surface area (Å²) >= 11 is 3.31. The Balaban J connectivity index is 2.23. The minimum Gasteiger partial charge on any atom is -0.318 e. The Morgan fingerprint density at radius 2 is 1.86 bits per heavy atom. The van der Waals surface area contributed by atoms with E-state index in [1.165, 1.54) is 10.6 Å². The average Bonchev–Trinajstić information content (AvgIpc) is 2.40. The maximum atomic E-state index is 12.0. The summed E-state index contributed by atoms with van der Waals surface area (Å²) in [5.41, 5.74) is 1.83. The number of ether oxygens (including phenoxy) is 1. The molecule has 0 aliphatic heterocycles. The number of hydrogen-bond donors (Lipinski definition) is 0. The normalized spacial score (nSPS) is 11.7. The monoisotopic (exact) mass is 361 g/mol. The summed E-state index contributed by atoms with van der Waals surface area (Å²) in [4.78, 5) is 11.5. The molecule has 3 nitrogen and oxygen atoms in total. The van der Waals surface area contributed by atoms with Crippen LogP contribution in [0.15, 0.2) is 45.8 Å². The van der Waals surface area contributed by atoms with Gasteiger partial charge in [0.05, 0.1) is 6.61 Å². The molecule has 1 aromatic heterocycles. The van der Waals surface area contributed by atoms with E-state index in [-0.39, 0.29) is 5.56 Å². The molecule has 1 aromatic carbocycles. The molecule has 2 rings (SSSR count). The van der Waals surface area contributed by atoms with Crippen LogP contribution in [0.2, 0.25) is 0 Å². The number of nitrogens with zero attached hydrogens (tertiary/aromatic N) is 1. The van der Waals surface area contributed by atoms with Gasteiger partial charge < -0.3 is 4.57 Å². The number of halogens is 4. The number of benzene rings is 1. The number of aromatic nitrogens is 1. The topological polar surface area (TPSA) is 31.2 Å². The Kier molecular flexibility index (Phi) is 4.53. The van der Waals surface area contributed by atoms with Crippen molar-refractivity contribution in [3.8, 4) is 11.1 Å². The Labute approximate surface area is 127 Å². The van der Waals surface area contributed by atoms with E-state index in [0.29, 0.717) is 10.0 Å². The fourth-order valence-electron chi connectivity index (χ4n) is 1.77. The lowest BCUT2D eigenvalue weighted by Gasteiger charge is -2.09. The van der Waals surface area contributed by atoms with Crippen molar-refractivity contribution < 1.29 is 17.9 Å². The smallest absolute Gasteiger partial charge is 0.318 e. The van der Waals surface area contributed by atoms with Crippen molar-refractivity contribution in [2.75, 3.05) is 0 Å². The fourth-order valence-corrected chi connectivity index (χ4v) is 2.29. The van der Waals surface area contributed by atoms with Crippen molar-refractivity contribution in [1.29, 1.82) is 0 Å². The Morgan fingerprint density at radius 1 is 1.24 bits per heavy atom. The van der Waals surface area contributed by atoms with Gasteiger partial charge in [-0.15, -0.1) is 13.2 Å². The molecule has 21 heavy (non-hydrogen) atoms. The molecule has 7 heteroatoms. The highest BCUT2D eigenvalue weighted by Gasteiger charge is 2.28. The van der Waals surface area contributed by atoms with E-state index in [9.17, 15) is 18.0 Å². The standard InChI is InChI=1S/C14H11BrF3NO2/c1-19-7-11(12(15)6-13(19)20)10-4-2-9(3-5-10)8-21-14(16,17)18/h2-7H,8H2,1H3. The quantitative estimate of drug-likeness (QED) is 0.831. The van der Waals surface area contributed by atoms with Gasteiger partial charge in [-0.1, -0.05) is 24.3 Å². The first kappa shape index (κ1) is 15.8. The molecule has 0 N–H and O–H groups in total. The maximum absolute atomic E-state index is 12.0. The molecule has 0 amide bonds. The molecule has 0 fully saturated rings. The Hall–Kier alpha value is -1.60. The molecular weight excluding hydrogens is 351 g/mol. The van der Waals surface area contributed by atoms with Crippen molar-refractivity contribution in [1.82, 2.24) is 4.57 Å². The minimum absolute atomic E-state index is 0.152. The van der Waals surface area contributed by atoms with Crippen LogP contribution in [0.1, 0.15) is 5.56 Å². The van der Waals surface area contributed by atoms with Crippen LogP contribution in [0.3, 0.4) is 0 Å². The predicted octanol–water partition coefficient (Wildman–Crippen LogP) is 3.85. The first-order valence-electron chi connectivity index (χ1n) is 5.92. The van der Waals surface area contributed by atoms with Crippen LogP contribution in [0.5, 0.6) is 0 Å². The minimum atomic E-state index is -4.64. The van der Waals surface area contributed by atoms with Crippen molar-refractivity contribution >= 4 is 15.9 Å². The van der Waals surface area contributed by atoms with Crippen LogP contribution in [0.4, 0.5) is 13.2 Å². The second-order valence-corrected chi connectivity index (χ2v) is 5.27. The molecule has 112 valence electrons. The zero-order valence-electron chi connectivity index (χ0n) is 10.9. The second kappa shape index (κ2) is 6.03. The van der Waals surface area contributed by atoms with Gasteiger partial charge in [0, 0.05) is 29.3 Å². The highest BCUT2D eigenvalue weighted by Crippen LogP contribution is 2.27. The van der Waals surface area contributed by atoms with E-state index in [4.69, 9.17) is 0 Å². The van der Waals surface area contributed by atoms with Gasteiger partial charge in [0.25, 0.3) is 5.56 Å². The van der Waals surface area contributed by atoms with Crippen molar-refractivity contribution in [3.05, 3.63) is 56.9 Å². The van der Waals surface area contributed by atoms with Crippen molar-refractivity contribution in [2.45, 2.75) is 13.0 Å². The zero-order valence-corrected chi connectivity index (χ0v) is 12.5. The van der Waals surface area contributed by atoms with Crippen LogP contribution in [0, 0.1) is 0 Å². The van der Waals surface area contributed by atoms with Crippen LogP contribution in [-0.4, -0.2) is 10.9 Å². The summed E-state index contributed by atoms with van der Waals surface area (Å²) < 4.78 is 41.7. The number of aryl methyl sites for hydroxylation is 1. The van der Waals surface area contributed by atoms with Gasteiger partial charge >= 0.3 is 6.36 Å². The Bertz CT molecular complexity index is 693. The van der Waals surface area contributed by atoms with E-state index in [0.717, 1.165) is 11.1 Å². The molecule has 2 aromatic rings. The number of alkyl halides is 3. The van der Waals surface area contributed by atoms with E-state index < -0.39 is 13.0 Å². The summed E-state index contributed by atoms with van der Waals surface area (Å²) in [6.07, 6.45) is -2.98. The number of hydrogen-bond acceptors (Lipinski definition) is 2. The summed E-state index contributed by atoms with van der Waals surface area (Å²) in [6, 6.07) is 7.91. The van der Waals surface area contributed by atoms with Gasteiger partial charge in [0.15, 0.2) is 0 Å². The van der Waals surface area contributed by atoms with Crippen molar-refractivity contribution in [3.63, 3.8) is 0 Å². The van der Waals surface area contributed by atoms with Gasteiger partial charge in [0.2, 0.25) is 0 Å². The molecule has 0 saturated heterocycles. The van der Waals surface area contributed by atoms with E-state index in [2.05, 4.69) is 20.7 Å². The van der Waals surface area contributed by atoms with Gasteiger partial charge in [-0.25, -0.2) is 0 Å². The van der Waals surface area contributed by atoms with Crippen LogP contribution in [-0.2, 0) is 18.4 Å². The first-order chi connectivity index (χ1) is 9.76. The van der Waals surface area contributed by atoms with Crippen LogP contribution < -0.4 is 5.56 Å². The molecule has 0 aliphatic rings. The summed E-state index contributed by atoms with van der Waals surface area (Å²) in [5, 5.41) is 0. The third-order valence-electron chi connectivity index (χ3n) is 2.85. The molecular formula is C14H11BrF3NO2. The fraction of sp³-hybridized carbons (Fsp3) is 0.214. The van der Waals surface area contributed by atoms with Gasteiger partial charge in [-0.05, 0) is 27.1 Å². The lowest BCUT2D eigenvalue weighted by atomic mass is 10.1. The first-order valence-corrected chi connectivity index (χ1v) is 6.72. The lowest BCUT2D eigenvalue weighted by molar-refractivity contribution is -0.330. The van der Waals surface area contributed by atoms with E-state index >= 15 is 0 Å². The molecule has 0 radical (unpaired) electrons. The summed E-state index contributed by atoms with van der Waals surface area (Å²) in [5.74, 6) is 0. The van der Waals surface area contributed by atoms with Crippen molar-refractivity contribution in [2.24, 2.45) is 7.05 Å². The summed E-state index contributed by atoms with van der Waals surface area (Å²) in [6.45, 7) is -0.530. The molecule has 0 spiro atoms. The summed E-state index contributed by atoms with van der Waals surface area (Å²) in [7, 11) is 1.63. The molecule has 1 heterocycles. The zero-order chi connectivity index (χ0) is 15.6. The Morgan fingerprint density at radius 3 is 2.43 bits per heavy atom. The third-order valence-corrected chi connectivity index (χ3v) is 3.50. The molecule has 0 unspecified atom stereocenters. The van der Waals surface area contributed by atoms with Crippen LogP contribution in [0.25, 0.3) is 11.1 Å². The number of rotatable bonds is 3. The van der Waals surface area contributed by atoms with Gasteiger partial charge in [-0.2, -0.15) is 0 Å². The lowest BCUT2D eigenvalue weighted by Crippen LogP contribution is -2.14. The molecule has 0 bridgehead atoms. The highest BCUT2D eigenvalue weighted by atomic mass is 79.9. The third kappa shape index (κ3) is 4.18. The molecule has 0 aliphatic carbocycles. The number of pyridine rings is 1. The predicted molar refractivity (Wildman–Crippen MR) is 75.7 cm³/mol. The van der Waals surface area contributed by atoms with Gasteiger partial charge in [-0.3, -0.25) is 9.53 Å². The maximum Gasteiger partial charge on any atom is 0.522 e. The van der Waals surface area contributed by atoms with Gasteiger partial charge in [0.1, 0.15) is 0 Å². The SMILES string of the molecule is Cn1cc(-c2ccc(COC(F)(F)F)cc2)c(Br)cc1=O. The highest BCUT2D eigenvalue weighted by molar-refractivity contribution is 9.10. The average molecular weight is 362 g/mol. The molecule has 0 saturated carbocycles. The second-order valence-electron chi connectivity index (χ2n) is 4.42. The molecule has 0 atom stereocenters. The van der Waals surface area contributed by atoms with E-state index in [1.54, 1.807) is 37.5 Å². The largest absolute Gasteiger partial charge is 0.522 e. The van der Waals surface area contributed by atoms with E-state index in [1.807, 2.05) is 0 Å². The van der Waals surface area contributed by atoms with Crippen LogP contribution >= 0.6 is 15.9 Å².